The van der Waals surface area contributed by atoms with Gasteiger partial charge >= 0.3 is 5.69 Å². The lowest BCUT2D eigenvalue weighted by Crippen LogP contribution is -2.48. The first-order valence-electron chi connectivity index (χ1n) is 8.52. The number of aromatic amines is 1. The number of hydrogen-bond donors (Lipinski definition) is 2. The van der Waals surface area contributed by atoms with Crippen molar-refractivity contribution in [1.29, 1.82) is 0 Å². The van der Waals surface area contributed by atoms with Crippen LogP contribution in [0.3, 0.4) is 0 Å². The van der Waals surface area contributed by atoms with E-state index >= 15 is 0 Å². The number of H-pyrrole nitrogens is 1. The maximum absolute atomic E-state index is 12.4. The smallest absolute Gasteiger partial charge is 0.329 e. The lowest BCUT2D eigenvalue weighted by molar-refractivity contribution is 0.188. The molecule has 2 aromatic rings. The third-order valence-corrected chi connectivity index (χ3v) is 4.77. The van der Waals surface area contributed by atoms with Crippen LogP contribution in [0, 0.1) is 0 Å². The van der Waals surface area contributed by atoms with Crippen LogP contribution >= 0.6 is 11.6 Å². The van der Waals surface area contributed by atoms with Gasteiger partial charge in [0, 0.05) is 51.3 Å². The highest BCUT2D eigenvalue weighted by atomic mass is 35.5. The lowest BCUT2D eigenvalue weighted by Gasteiger charge is -2.35. The largest absolute Gasteiger partial charge is 0.395 e. The van der Waals surface area contributed by atoms with Crippen molar-refractivity contribution >= 4 is 28.7 Å². The Labute approximate surface area is 155 Å². The summed E-state index contributed by atoms with van der Waals surface area (Å²) >= 11 is 5.98. The molecule has 142 valence electrons. The predicted molar refractivity (Wildman–Crippen MR) is 101 cm³/mol. The maximum atomic E-state index is 12.4. The predicted octanol–water partition coefficient (Wildman–Crippen LogP) is -0.320. The fourth-order valence-electron chi connectivity index (χ4n) is 3.17. The molecular weight excluding hydrogens is 360 g/mol. The van der Waals surface area contributed by atoms with Gasteiger partial charge in [-0.3, -0.25) is 19.2 Å². The summed E-state index contributed by atoms with van der Waals surface area (Å²) in [7, 11) is 1.59. The summed E-state index contributed by atoms with van der Waals surface area (Å²) < 4.78 is 3.14. The van der Waals surface area contributed by atoms with Gasteiger partial charge in [-0.25, -0.2) is 4.79 Å². The summed E-state index contributed by atoms with van der Waals surface area (Å²) in [4.78, 5) is 35.5. The Morgan fingerprint density at radius 2 is 2.00 bits per heavy atom. The Bertz CT molecular complexity index is 932. The first-order chi connectivity index (χ1) is 12.4. The molecule has 9 nitrogen and oxygen atoms in total. The Hall–Kier alpha value is -2.10. The van der Waals surface area contributed by atoms with E-state index in [1.165, 1.54) is 4.57 Å². The van der Waals surface area contributed by atoms with Crippen molar-refractivity contribution in [3.05, 3.63) is 31.9 Å². The minimum Gasteiger partial charge on any atom is -0.395 e. The number of halogens is 1. The van der Waals surface area contributed by atoms with Gasteiger partial charge in [-0.1, -0.05) is 17.7 Å². The first-order valence-corrected chi connectivity index (χ1v) is 8.90. The van der Waals surface area contributed by atoms with Crippen molar-refractivity contribution in [3.8, 4) is 0 Å². The van der Waals surface area contributed by atoms with Crippen LogP contribution in [0.4, 0.5) is 5.95 Å². The van der Waals surface area contributed by atoms with E-state index in [0.29, 0.717) is 35.2 Å². The number of nitrogens with one attached hydrogen (secondary N) is 1. The molecule has 26 heavy (non-hydrogen) atoms. The van der Waals surface area contributed by atoms with Crippen LogP contribution in [0.1, 0.15) is 6.92 Å². The molecule has 0 atom stereocenters. The Balaban J connectivity index is 2.07. The van der Waals surface area contributed by atoms with Gasteiger partial charge in [-0.15, -0.1) is 0 Å². The van der Waals surface area contributed by atoms with Gasteiger partial charge in [0.15, 0.2) is 11.2 Å². The molecule has 0 bridgehead atoms. The molecule has 0 aromatic carbocycles. The summed E-state index contributed by atoms with van der Waals surface area (Å²) in [6.07, 6.45) is 1.80. The van der Waals surface area contributed by atoms with E-state index in [1.807, 2.05) is 0 Å². The Morgan fingerprint density at radius 1 is 1.31 bits per heavy atom. The highest BCUT2D eigenvalue weighted by molar-refractivity contribution is 6.29. The number of fused-ring (bicyclic) bond motifs is 1. The fraction of sp³-hybridized carbons (Fsp3) is 0.562. The summed E-state index contributed by atoms with van der Waals surface area (Å²) in [6, 6.07) is 0. The number of β-amino-alcohol motifs (C(OH)–C–C–N with tert-alkyl or cyclic N) is 1. The van der Waals surface area contributed by atoms with Crippen LogP contribution < -0.4 is 16.1 Å². The molecule has 0 aliphatic carbocycles. The molecule has 1 aliphatic rings. The second-order valence-corrected chi connectivity index (χ2v) is 6.95. The molecule has 0 unspecified atom stereocenters. The number of aryl methyl sites for hydroxylation is 1. The topological polar surface area (TPSA) is 99.4 Å². The number of aromatic nitrogens is 4. The van der Waals surface area contributed by atoms with E-state index in [0.717, 1.165) is 26.2 Å². The monoisotopic (exact) mass is 382 g/mol. The maximum Gasteiger partial charge on any atom is 0.329 e. The quantitative estimate of drug-likeness (QED) is 0.735. The lowest BCUT2D eigenvalue weighted by atomic mass is 10.3. The van der Waals surface area contributed by atoms with Crippen LogP contribution in [0.25, 0.3) is 11.2 Å². The Kier molecular flexibility index (Phi) is 5.49. The minimum atomic E-state index is -0.490. The third kappa shape index (κ3) is 3.55. The number of anilines is 1. The van der Waals surface area contributed by atoms with Gasteiger partial charge < -0.3 is 14.6 Å². The van der Waals surface area contributed by atoms with Gasteiger partial charge in [0.2, 0.25) is 5.95 Å². The summed E-state index contributed by atoms with van der Waals surface area (Å²) in [5, 5.41) is 9.71. The molecule has 0 radical (unpaired) electrons. The highest BCUT2D eigenvalue weighted by Gasteiger charge is 2.24. The number of aliphatic hydroxyl groups excluding tert-OH is 1. The molecule has 0 spiro atoms. The number of allylic oxidation sites excluding steroid dienone is 2. The number of piperazine rings is 1. The van der Waals surface area contributed by atoms with Crippen molar-refractivity contribution in [3.63, 3.8) is 0 Å². The fourth-order valence-corrected chi connectivity index (χ4v) is 3.24. The van der Waals surface area contributed by atoms with Gasteiger partial charge in [-0.05, 0) is 6.92 Å². The molecule has 0 amide bonds. The van der Waals surface area contributed by atoms with Crippen molar-refractivity contribution < 1.29 is 5.11 Å². The molecule has 1 aliphatic heterocycles. The summed E-state index contributed by atoms with van der Waals surface area (Å²) in [5.41, 5.74) is -0.238. The van der Waals surface area contributed by atoms with Crippen LogP contribution in [0.5, 0.6) is 0 Å². The van der Waals surface area contributed by atoms with Crippen LogP contribution in [0.15, 0.2) is 20.7 Å². The van der Waals surface area contributed by atoms with E-state index in [9.17, 15) is 9.59 Å². The van der Waals surface area contributed by atoms with Gasteiger partial charge in [0.05, 0.1) is 6.61 Å². The van der Waals surface area contributed by atoms with Crippen LogP contribution in [-0.2, 0) is 13.6 Å². The average molecular weight is 383 g/mol. The summed E-state index contributed by atoms with van der Waals surface area (Å²) in [5.74, 6) is 0.643. The second kappa shape index (κ2) is 7.65. The zero-order valence-electron chi connectivity index (χ0n) is 14.9. The molecule has 1 saturated heterocycles. The van der Waals surface area contributed by atoms with Crippen LogP contribution in [0.2, 0.25) is 0 Å². The molecule has 3 rings (SSSR count). The molecule has 1 fully saturated rings. The van der Waals surface area contributed by atoms with Crippen LogP contribution in [-0.4, -0.2) is 68.4 Å². The van der Waals surface area contributed by atoms with E-state index in [-0.39, 0.29) is 6.61 Å². The standard InChI is InChI=1S/C16H23ClN6O3/c1-11(17)3-4-23-12-13(20(2)16(26)19-14(12)25)18-15(23)22-7-5-21(6-8-22)9-10-24/h3,24H,4-10H2,1-2H3,(H,19,25,26)/b11-3+. The minimum absolute atomic E-state index is 0.135. The number of rotatable bonds is 5. The van der Waals surface area contributed by atoms with E-state index in [4.69, 9.17) is 16.7 Å². The van der Waals surface area contributed by atoms with Gasteiger partial charge in [0.1, 0.15) is 0 Å². The molecule has 3 heterocycles. The van der Waals surface area contributed by atoms with E-state index < -0.39 is 11.2 Å². The number of imidazole rings is 1. The number of hydrogen-bond acceptors (Lipinski definition) is 6. The van der Waals surface area contributed by atoms with Crippen molar-refractivity contribution in [2.75, 3.05) is 44.2 Å². The van der Waals surface area contributed by atoms with Gasteiger partial charge in [0.25, 0.3) is 5.56 Å². The normalized spacial score (nSPS) is 16.6. The molecule has 10 heteroatoms. The molecule has 2 N–H and O–H groups in total. The second-order valence-electron chi connectivity index (χ2n) is 6.36. The van der Waals surface area contributed by atoms with E-state index in [1.54, 1.807) is 24.6 Å². The Morgan fingerprint density at radius 3 is 2.62 bits per heavy atom. The average Bonchev–Trinajstić information content (AvgIpc) is 2.99. The SMILES string of the molecule is C/C(Cl)=C\Cn1c(N2CCN(CCO)CC2)nc2c1c(=O)[nH]c(=O)n2C. The molecule has 0 saturated carbocycles. The summed E-state index contributed by atoms with van der Waals surface area (Å²) in [6.45, 7) is 5.97. The highest BCUT2D eigenvalue weighted by Crippen LogP contribution is 2.21. The molecule has 2 aromatic heterocycles. The number of nitrogens with zero attached hydrogens (tertiary/aromatic N) is 5. The first kappa shape index (κ1) is 18.7. The third-order valence-electron chi connectivity index (χ3n) is 4.61. The van der Waals surface area contributed by atoms with Crippen molar-refractivity contribution in [2.24, 2.45) is 7.05 Å². The molecular formula is C16H23ClN6O3. The van der Waals surface area contributed by atoms with Gasteiger partial charge in [-0.2, -0.15) is 4.98 Å². The zero-order chi connectivity index (χ0) is 18.8. The van der Waals surface area contributed by atoms with E-state index in [2.05, 4.69) is 19.8 Å². The van der Waals surface area contributed by atoms with Crippen molar-refractivity contribution in [1.82, 2.24) is 24.0 Å². The zero-order valence-corrected chi connectivity index (χ0v) is 15.7. The van der Waals surface area contributed by atoms with Crippen molar-refractivity contribution in [2.45, 2.75) is 13.5 Å². The number of aliphatic hydroxyl groups is 1.